The van der Waals surface area contributed by atoms with Gasteiger partial charge in [0.1, 0.15) is 0 Å². The van der Waals surface area contributed by atoms with Crippen molar-refractivity contribution in [2.45, 2.75) is 13.0 Å². The number of carbonyl (C=O) groups is 4. The van der Waals surface area contributed by atoms with Crippen LogP contribution in [0.25, 0.3) is 0 Å². The van der Waals surface area contributed by atoms with Crippen molar-refractivity contribution in [1.82, 2.24) is 10.2 Å². The Kier molecular flexibility index (Phi) is 9.05. The Morgan fingerprint density at radius 1 is 0.744 bits per heavy atom. The number of anilines is 1. The highest BCUT2D eigenvalue weighted by Gasteiger charge is 2.35. The van der Waals surface area contributed by atoms with Gasteiger partial charge in [-0.25, -0.2) is 0 Å². The fourth-order valence-electron chi connectivity index (χ4n) is 4.84. The van der Waals surface area contributed by atoms with E-state index in [1.807, 2.05) is 18.2 Å². The lowest BCUT2D eigenvalue weighted by atomic mass is 10.1. The normalized spacial score (nSPS) is 12.1. The molecular formula is C33H28IN3O6. The van der Waals surface area contributed by atoms with Crippen LogP contribution < -0.4 is 20.1 Å². The Balaban J connectivity index is 1.26. The average molecular weight is 690 g/mol. The van der Waals surface area contributed by atoms with E-state index in [2.05, 4.69) is 33.2 Å². The topological polar surface area (TPSA) is 114 Å². The number of ether oxygens (including phenoxy) is 2. The second kappa shape index (κ2) is 13.1. The van der Waals surface area contributed by atoms with Crippen molar-refractivity contribution in [3.63, 3.8) is 0 Å². The number of para-hydroxylation sites is 1. The van der Waals surface area contributed by atoms with Gasteiger partial charge in [0.05, 0.1) is 48.7 Å². The second-order valence-electron chi connectivity index (χ2n) is 9.75. The van der Waals surface area contributed by atoms with Gasteiger partial charge in [0.15, 0.2) is 11.5 Å². The van der Waals surface area contributed by atoms with Crippen molar-refractivity contribution in [2.24, 2.45) is 0 Å². The van der Waals surface area contributed by atoms with Crippen LogP contribution in [0, 0.1) is 3.57 Å². The Hall–Kier alpha value is -4.71. The molecule has 0 saturated carbocycles. The van der Waals surface area contributed by atoms with Crippen molar-refractivity contribution in [3.05, 3.63) is 122 Å². The van der Waals surface area contributed by atoms with Gasteiger partial charge in [0.25, 0.3) is 23.6 Å². The average Bonchev–Trinajstić information content (AvgIpc) is 3.26. The first kappa shape index (κ1) is 29.8. The number of amides is 4. The van der Waals surface area contributed by atoms with E-state index < -0.39 is 5.91 Å². The van der Waals surface area contributed by atoms with E-state index in [1.54, 1.807) is 80.9 Å². The van der Waals surface area contributed by atoms with E-state index in [4.69, 9.17) is 9.47 Å². The number of nitrogens with zero attached hydrogens (tertiary/aromatic N) is 1. The number of rotatable bonds is 10. The molecule has 0 fully saturated rings. The molecule has 1 aliphatic rings. The highest BCUT2D eigenvalue weighted by molar-refractivity contribution is 14.1. The third kappa shape index (κ3) is 6.38. The van der Waals surface area contributed by atoms with Gasteiger partial charge in [-0.2, -0.15) is 0 Å². The predicted octanol–water partition coefficient (Wildman–Crippen LogP) is 5.33. The van der Waals surface area contributed by atoms with Gasteiger partial charge >= 0.3 is 0 Å². The lowest BCUT2D eigenvalue weighted by Crippen LogP contribution is -2.29. The number of methoxy groups -OCH3 is 2. The highest BCUT2D eigenvalue weighted by atomic mass is 127. The minimum atomic E-state index is -0.417. The van der Waals surface area contributed by atoms with E-state index in [0.29, 0.717) is 61.5 Å². The van der Waals surface area contributed by atoms with Gasteiger partial charge in [0.2, 0.25) is 0 Å². The summed E-state index contributed by atoms with van der Waals surface area (Å²) in [6.07, 6.45) is 0.568. The summed E-state index contributed by atoms with van der Waals surface area (Å²) < 4.78 is 11.3. The van der Waals surface area contributed by atoms with Crippen LogP contribution in [0.5, 0.6) is 11.5 Å². The number of imide groups is 1. The summed E-state index contributed by atoms with van der Waals surface area (Å²) in [5.74, 6) is -0.234. The van der Waals surface area contributed by atoms with Crippen LogP contribution in [0.1, 0.15) is 52.6 Å². The summed E-state index contributed by atoms with van der Waals surface area (Å²) in [5.41, 5.74) is 3.37. The molecule has 9 nitrogen and oxygen atoms in total. The van der Waals surface area contributed by atoms with Gasteiger partial charge in [0, 0.05) is 10.1 Å². The lowest BCUT2D eigenvalue weighted by Gasteiger charge is -2.16. The smallest absolute Gasteiger partial charge is 0.261 e. The molecule has 1 heterocycles. The van der Waals surface area contributed by atoms with Gasteiger partial charge in [-0.05, 0) is 88.7 Å². The molecule has 4 aromatic carbocycles. The van der Waals surface area contributed by atoms with Gasteiger partial charge in [-0.1, -0.05) is 36.4 Å². The molecule has 0 saturated heterocycles. The fourth-order valence-corrected chi connectivity index (χ4v) is 5.42. The summed E-state index contributed by atoms with van der Waals surface area (Å²) in [4.78, 5) is 53.3. The first-order valence-electron chi connectivity index (χ1n) is 13.4. The van der Waals surface area contributed by atoms with Crippen LogP contribution in [0.2, 0.25) is 0 Å². The molecule has 2 N–H and O–H groups in total. The molecule has 10 heteroatoms. The van der Waals surface area contributed by atoms with Gasteiger partial charge < -0.3 is 20.1 Å². The SMILES string of the molecule is COc1ccc(CCNC(=O)c2ccccc2NC(=O)c2cc(CN3C(=O)c4ccccc4C3=O)ccc2I)cc1OC. The summed E-state index contributed by atoms with van der Waals surface area (Å²) in [7, 11) is 3.14. The van der Waals surface area contributed by atoms with E-state index in [1.165, 1.54) is 4.90 Å². The van der Waals surface area contributed by atoms with E-state index in [9.17, 15) is 19.2 Å². The molecule has 1 aliphatic heterocycles. The minimum Gasteiger partial charge on any atom is -0.493 e. The van der Waals surface area contributed by atoms with Crippen molar-refractivity contribution < 1.29 is 28.7 Å². The van der Waals surface area contributed by atoms with Crippen molar-refractivity contribution in [1.29, 1.82) is 0 Å². The van der Waals surface area contributed by atoms with Gasteiger partial charge in [-0.15, -0.1) is 0 Å². The van der Waals surface area contributed by atoms with Crippen LogP contribution in [0.15, 0.2) is 84.9 Å². The van der Waals surface area contributed by atoms with E-state index in [-0.39, 0.29) is 24.3 Å². The van der Waals surface area contributed by atoms with Crippen LogP contribution in [0.4, 0.5) is 5.69 Å². The number of fused-ring (bicyclic) bond motifs is 1. The Labute approximate surface area is 262 Å². The van der Waals surface area contributed by atoms with Crippen molar-refractivity contribution >= 4 is 51.9 Å². The van der Waals surface area contributed by atoms with Gasteiger partial charge in [-0.3, -0.25) is 24.1 Å². The number of carbonyl (C=O) groups excluding carboxylic acids is 4. The molecule has 4 amide bonds. The molecule has 0 bridgehead atoms. The monoisotopic (exact) mass is 689 g/mol. The zero-order valence-electron chi connectivity index (χ0n) is 23.5. The molecular weight excluding hydrogens is 661 g/mol. The maximum Gasteiger partial charge on any atom is 0.261 e. The molecule has 0 radical (unpaired) electrons. The fraction of sp³-hybridized carbons (Fsp3) is 0.152. The second-order valence-corrected chi connectivity index (χ2v) is 10.9. The summed E-state index contributed by atoms with van der Waals surface area (Å²) in [6, 6.07) is 24.3. The van der Waals surface area contributed by atoms with Crippen LogP contribution in [-0.4, -0.2) is 49.3 Å². The number of benzene rings is 4. The number of halogens is 1. The molecule has 4 aromatic rings. The van der Waals surface area contributed by atoms with Crippen LogP contribution in [-0.2, 0) is 13.0 Å². The highest BCUT2D eigenvalue weighted by Crippen LogP contribution is 2.28. The maximum absolute atomic E-state index is 13.4. The Morgan fingerprint density at radius 2 is 1.40 bits per heavy atom. The third-order valence-electron chi connectivity index (χ3n) is 7.06. The number of hydrogen-bond acceptors (Lipinski definition) is 6. The summed E-state index contributed by atoms with van der Waals surface area (Å²) in [6.45, 7) is 0.400. The van der Waals surface area contributed by atoms with E-state index >= 15 is 0 Å². The summed E-state index contributed by atoms with van der Waals surface area (Å²) >= 11 is 2.06. The Bertz CT molecular complexity index is 1700. The Morgan fingerprint density at radius 3 is 2.09 bits per heavy atom. The first-order valence-corrected chi connectivity index (χ1v) is 14.5. The first-order chi connectivity index (χ1) is 20.8. The molecule has 0 unspecified atom stereocenters. The summed E-state index contributed by atoms with van der Waals surface area (Å²) in [5, 5.41) is 5.76. The van der Waals surface area contributed by atoms with Crippen molar-refractivity contribution in [2.75, 3.05) is 26.1 Å². The predicted molar refractivity (Wildman–Crippen MR) is 170 cm³/mol. The largest absolute Gasteiger partial charge is 0.493 e. The zero-order valence-corrected chi connectivity index (χ0v) is 25.6. The maximum atomic E-state index is 13.4. The molecule has 0 aliphatic carbocycles. The zero-order chi connectivity index (χ0) is 30.5. The van der Waals surface area contributed by atoms with Crippen LogP contribution in [0.3, 0.4) is 0 Å². The molecule has 0 spiro atoms. The van der Waals surface area contributed by atoms with Crippen LogP contribution >= 0.6 is 22.6 Å². The number of nitrogens with one attached hydrogen (secondary N) is 2. The number of hydrogen-bond donors (Lipinski definition) is 2. The third-order valence-corrected chi connectivity index (χ3v) is 8.00. The quantitative estimate of drug-likeness (QED) is 0.172. The standard InChI is InChI=1S/C33H28IN3O6/c1-42-28-14-12-20(18-29(28)43-2)15-16-35-30(38)24-9-5-6-10-27(24)36-31(39)25-17-21(11-13-26(25)34)19-37-32(40)22-7-3-4-8-23(22)33(37)41/h3-14,17-18H,15-16,19H2,1-2H3,(H,35,38)(H,36,39). The molecule has 5 rings (SSSR count). The molecule has 43 heavy (non-hydrogen) atoms. The molecule has 218 valence electrons. The minimum absolute atomic E-state index is 0.0304. The molecule has 0 atom stereocenters. The lowest BCUT2D eigenvalue weighted by molar-refractivity contribution is 0.0641. The molecule has 0 aromatic heterocycles. The van der Waals surface area contributed by atoms with E-state index in [0.717, 1.165) is 5.56 Å². The van der Waals surface area contributed by atoms with Crippen molar-refractivity contribution in [3.8, 4) is 11.5 Å².